The summed E-state index contributed by atoms with van der Waals surface area (Å²) in [5.74, 6) is 0. The van der Waals surface area contributed by atoms with Crippen molar-refractivity contribution in [2.24, 2.45) is 0 Å². The van der Waals surface area contributed by atoms with Crippen LogP contribution < -0.4 is 0 Å². The number of sulfonamides is 1. The molecule has 3 aliphatic rings. The minimum atomic E-state index is -3.72. The van der Waals surface area contributed by atoms with Crippen LogP contribution in [0.3, 0.4) is 0 Å². The number of fused-ring (bicyclic) bond motifs is 1. The summed E-state index contributed by atoms with van der Waals surface area (Å²) >= 11 is 12.1. The minimum absolute atomic E-state index is 0.0345. The zero-order chi connectivity index (χ0) is 29.5. The second-order valence-electron chi connectivity index (χ2n) is 10.4. The Morgan fingerprint density at radius 3 is 2.41 bits per heavy atom. The van der Waals surface area contributed by atoms with E-state index in [0.717, 1.165) is 45.0 Å². The first-order chi connectivity index (χ1) is 19.4. The number of rotatable bonds is 5. The fourth-order valence-electron chi connectivity index (χ4n) is 5.53. The quantitative estimate of drug-likeness (QED) is 0.457. The molecule has 0 saturated carbocycles. The SMILES string of the molecule is CN(C(=O)OCc1cc(Cl)cc(Cl)c1)C1CCc2ccc(C3=CCN(C(=O)N4CCN(S(C)(=O)=O)C4=O)CC3)cc21. The Balaban J connectivity index is 1.23. The molecule has 0 aromatic heterocycles. The number of benzene rings is 2. The summed E-state index contributed by atoms with van der Waals surface area (Å²) in [4.78, 5) is 42.5. The molecule has 218 valence electrons. The number of ether oxygens (including phenoxy) is 1. The number of carbonyl (C=O) groups is 3. The summed E-state index contributed by atoms with van der Waals surface area (Å²) in [6.45, 7) is 0.754. The molecular weight excluding hydrogens is 591 g/mol. The van der Waals surface area contributed by atoms with Gasteiger partial charge in [-0.2, -0.15) is 0 Å². The zero-order valence-electron chi connectivity index (χ0n) is 22.7. The average molecular weight is 622 g/mol. The molecule has 5 rings (SSSR count). The lowest BCUT2D eigenvalue weighted by molar-refractivity contribution is 0.0909. The van der Waals surface area contributed by atoms with Crippen LogP contribution in [0.2, 0.25) is 10.0 Å². The van der Waals surface area contributed by atoms with Crippen LogP contribution in [0.5, 0.6) is 0 Å². The molecule has 0 N–H and O–H groups in total. The maximum atomic E-state index is 13.0. The molecule has 1 aliphatic carbocycles. The predicted octanol–water partition coefficient (Wildman–Crippen LogP) is 5.16. The van der Waals surface area contributed by atoms with Crippen molar-refractivity contribution in [3.63, 3.8) is 0 Å². The molecule has 1 fully saturated rings. The van der Waals surface area contributed by atoms with E-state index in [9.17, 15) is 22.8 Å². The fourth-order valence-corrected chi connectivity index (χ4v) is 6.90. The molecule has 0 bridgehead atoms. The number of imide groups is 1. The third kappa shape index (κ3) is 6.17. The first-order valence-electron chi connectivity index (χ1n) is 13.2. The smallest absolute Gasteiger partial charge is 0.410 e. The summed E-state index contributed by atoms with van der Waals surface area (Å²) < 4.78 is 29.8. The van der Waals surface area contributed by atoms with Crippen LogP contribution in [0.15, 0.2) is 42.5 Å². The van der Waals surface area contributed by atoms with Gasteiger partial charge < -0.3 is 14.5 Å². The number of hydrogen-bond donors (Lipinski definition) is 0. The van der Waals surface area contributed by atoms with Crippen molar-refractivity contribution in [3.05, 3.63) is 74.8 Å². The van der Waals surface area contributed by atoms with Crippen LogP contribution in [0.1, 0.15) is 41.1 Å². The van der Waals surface area contributed by atoms with Gasteiger partial charge >= 0.3 is 18.2 Å². The van der Waals surface area contributed by atoms with Crippen LogP contribution >= 0.6 is 23.2 Å². The monoisotopic (exact) mass is 620 g/mol. The van der Waals surface area contributed by atoms with Gasteiger partial charge in [0.15, 0.2) is 0 Å². The maximum Gasteiger partial charge on any atom is 0.410 e. The molecular formula is C28H30Cl2N4O6S. The van der Waals surface area contributed by atoms with E-state index in [0.29, 0.717) is 35.1 Å². The molecule has 13 heteroatoms. The van der Waals surface area contributed by atoms with Gasteiger partial charge in [0.25, 0.3) is 0 Å². The normalized spacial score (nSPS) is 18.8. The van der Waals surface area contributed by atoms with Gasteiger partial charge in [-0.25, -0.2) is 32.0 Å². The Kier molecular flexibility index (Phi) is 8.22. The highest BCUT2D eigenvalue weighted by Gasteiger charge is 2.40. The van der Waals surface area contributed by atoms with Gasteiger partial charge in [0, 0.05) is 30.2 Å². The lowest BCUT2D eigenvalue weighted by Crippen LogP contribution is -2.47. The molecule has 2 heterocycles. The van der Waals surface area contributed by atoms with Crippen LogP contribution in [0, 0.1) is 0 Å². The standard InChI is InChI=1S/C28H30Cl2N4O6S/c1-31(28(37)40-17-18-13-22(29)16-23(30)14-18)25-6-5-20-3-4-21(15-24(20)25)19-7-9-32(10-8-19)26(35)33-11-12-34(27(33)36)41(2,38)39/h3-4,7,13-16,25H,5-6,8-12,17H2,1-2H3. The summed E-state index contributed by atoms with van der Waals surface area (Å²) in [5.41, 5.74) is 5.03. The second kappa shape index (κ2) is 11.5. The van der Waals surface area contributed by atoms with Crippen LogP contribution in [-0.4, -0.2) is 85.1 Å². The van der Waals surface area contributed by atoms with Gasteiger partial charge in [-0.15, -0.1) is 0 Å². The molecule has 2 aliphatic heterocycles. The number of carbonyl (C=O) groups excluding carboxylic acids is 3. The molecule has 1 unspecified atom stereocenters. The van der Waals surface area contributed by atoms with E-state index in [2.05, 4.69) is 18.2 Å². The second-order valence-corrected chi connectivity index (χ2v) is 13.2. The van der Waals surface area contributed by atoms with Crippen molar-refractivity contribution >= 4 is 57.0 Å². The third-order valence-electron chi connectivity index (χ3n) is 7.68. The largest absolute Gasteiger partial charge is 0.445 e. The van der Waals surface area contributed by atoms with E-state index in [4.69, 9.17) is 27.9 Å². The first kappa shape index (κ1) is 29.2. The van der Waals surface area contributed by atoms with Crippen LogP contribution in [0.4, 0.5) is 14.4 Å². The van der Waals surface area contributed by atoms with E-state index >= 15 is 0 Å². The van der Waals surface area contributed by atoms with Crippen molar-refractivity contribution in [3.8, 4) is 0 Å². The fraction of sp³-hybridized carbons (Fsp3) is 0.393. The van der Waals surface area contributed by atoms with Gasteiger partial charge in [-0.3, -0.25) is 0 Å². The van der Waals surface area contributed by atoms with Gasteiger partial charge in [-0.05, 0) is 71.4 Å². The molecule has 0 spiro atoms. The van der Waals surface area contributed by atoms with E-state index in [1.165, 1.54) is 5.56 Å². The zero-order valence-corrected chi connectivity index (χ0v) is 25.0. The third-order valence-corrected chi connectivity index (χ3v) is 9.26. The number of halogens is 2. The lowest BCUT2D eigenvalue weighted by atomic mass is 9.95. The maximum absolute atomic E-state index is 13.0. The highest BCUT2D eigenvalue weighted by Crippen LogP contribution is 2.38. The number of hydrogen-bond acceptors (Lipinski definition) is 6. The first-order valence-corrected chi connectivity index (χ1v) is 15.8. The molecule has 2 aromatic carbocycles. The Morgan fingerprint density at radius 2 is 1.78 bits per heavy atom. The van der Waals surface area contributed by atoms with Gasteiger partial charge in [0.2, 0.25) is 10.0 Å². The Labute approximate surface area is 249 Å². The van der Waals surface area contributed by atoms with Crippen LogP contribution in [-0.2, 0) is 27.8 Å². The average Bonchev–Trinajstić information content (AvgIpc) is 3.53. The van der Waals surface area contributed by atoms with Crippen LogP contribution in [0.25, 0.3) is 5.57 Å². The van der Waals surface area contributed by atoms with E-state index in [-0.39, 0.29) is 25.7 Å². The summed E-state index contributed by atoms with van der Waals surface area (Å²) in [6, 6.07) is 9.83. The highest BCUT2D eigenvalue weighted by molar-refractivity contribution is 7.88. The van der Waals surface area contributed by atoms with Crippen molar-refractivity contribution in [2.45, 2.75) is 31.9 Å². The number of aryl methyl sites for hydroxylation is 1. The van der Waals surface area contributed by atoms with Gasteiger partial charge in [-0.1, -0.05) is 41.4 Å². The lowest BCUT2D eigenvalue weighted by Gasteiger charge is -2.30. The van der Waals surface area contributed by atoms with Gasteiger partial charge in [0.05, 0.1) is 25.4 Å². The van der Waals surface area contributed by atoms with E-state index in [1.54, 1.807) is 35.0 Å². The van der Waals surface area contributed by atoms with Crippen molar-refractivity contribution in [2.75, 3.05) is 39.5 Å². The van der Waals surface area contributed by atoms with Crippen molar-refractivity contribution in [1.82, 2.24) is 19.0 Å². The molecule has 10 nitrogen and oxygen atoms in total. The van der Waals surface area contributed by atoms with E-state index < -0.39 is 28.2 Å². The summed E-state index contributed by atoms with van der Waals surface area (Å²) in [6.07, 6.45) is 4.67. The molecule has 0 radical (unpaired) electrons. The summed E-state index contributed by atoms with van der Waals surface area (Å²) in [5, 5.41) is 0.948. The predicted molar refractivity (Wildman–Crippen MR) is 155 cm³/mol. The number of amides is 5. The number of nitrogens with zero attached hydrogens (tertiary/aromatic N) is 4. The molecule has 2 aromatic rings. The molecule has 1 saturated heterocycles. The van der Waals surface area contributed by atoms with Gasteiger partial charge in [0.1, 0.15) is 6.61 Å². The Hall–Kier alpha value is -3.28. The van der Waals surface area contributed by atoms with Crippen molar-refractivity contribution < 1.29 is 27.5 Å². The minimum Gasteiger partial charge on any atom is -0.445 e. The topological polar surface area (TPSA) is 108 Å². The van der Waals surface area contributed by atoms with Crippen molar-refractivity contribution in [1.29, 1.82) is 0 Å². The molecule has 41 heavy (non-hydrogen) atoms. The van der Waals surface area contributed by atoms with E-state index in [1.807, 2.05) is 6.08 Å². The Bertz CT molecular complexity index is 1530. The molecule has 5 amide bonds. The molecule has 1 atom stereocenters. The number of urea groups is 2. The highest BCUT2D eigenvalue weighted by atomic mass is 35.5. The Morgan fingerprint density at radius 1 is 1.05 bits per heavy atom. The summed E-state index contributed by atoms with van der Waals surface area (Å²) in [7, 11) is -1.99.